The van der Waals surface area contributed by atoms with Gasteiger partial charge >= 0.3 is 0 Å². The lowest BCUT2D eigenvalue weighted by molar-refractivity contribution is 0.0971. The van der Waals surface area contributed by atoms with Crippen molar-refractivity contribution in [3.63, 3.8) is 0 Å². The highest BCUT2D eigenvalue weighted by atomic mass is 32.1. The quantitative estimate of drug-likeness (QED) is 0.332. The summed E-state index contributed by atoms with van der Waals surface area (Å²) in [6, 6.07) is 15.1. The number of rotatable bonds is 3. The Morgan fingerprint density at radius 3 is 2.69 bits per heavy atom. The molecule has 2 aromatic heterocycles. The molecule has 0 spiro atoms. The summed E-state index contributed by atoms with van der Waals surface area (Å²) in [4.78, 5) is 33.4. The lowest BCUT2D eigenvalue weighted by Gasteiger charge is -2.22. The minimum absolute atomic E-state index is 0.00885. The summed E-state index contributed by atoms with van der Waals surface area (Å²) in [5.74, 6) is -0.876. The number of carbonyl (C=O) groups excluding carboxylic acids is 1. The Bertz CT molecular complexity index is 1720. The molecule has 5 aromatic rings. The van der Waals surface area contributed by atoms with E-state index in [2.05, 4.69) is 19.9 Å². The molecule has 1 N–H and O–H groups in total. The van der Waals surface area contributed by atoms with Crippen LogP contribution in [0.15, 0.2) is 69.9 Å². The fourth-order valence-electron chi connectivity index (χ4n) is 4.54. The molecule has 1 aliphatic rings. The third-order valence-corrected chi connectivity index (χ3v) is 7.31. The van der Waals surface area contributed by atoms with Crippen LogP contribution in [-0.2, 0) is 0 Å². The van der Waals surface area contributed by atoms with Crippen LogP contribution >= 0.6 is 11.3 Å². The minimum atomic E-state index is -0.890. The van der Waals surface area contributed by atoms with E-state index in [1.165, 1.54) is 40.5 Å². The van der Waals surface area contributed by atoms with Gasteiger partial charge in [-0.3, -0.25) is 14.5 Å². The van der Waals surface area contributed by atoms with Gasteiger partial charge in [-0.15, -0.1) is 0 Å². The van der Waals surface area contributed by atoms with Crippen molar-refractivity contribution in [1.82, 2.24) is 4.98 Å². The van der Waals surface area contributed by atoms with E-state index in [9.17, 15) is 19.1 Å². The summed E-state index contributed by atoms with van der Waals surface area (Å²) in [6.45, 7) is 4.21. The van der Waals surface area contributed by atoms with Crippen molar-refractivity contribution >= 4 is 43.6 Å². The van der Waals surface area contributed by atoms with E-state index in [1.807, 2.05) is 12.1 Å². The molecule has 0 saturated carbocycles. The summed E-state index contributed by atoms with van der Waals surface area (Å²) in [5, 5.41) is 10.6. The summed E-state index contributed by atoms with van der Waals surface area (Å²) < 4.78 is 20.7. The standard InChI is InChI=1S/C27H19FN2O4S/c1-13(2)14-6-8-19-21(11-14)35-27(29-19)30-23(15-4-3-5-17(31)10-15)22-24(32)18-12-16(28)7-9-20(18)34-25(22)26(30)33/h3-13,23,31H,1-2H3/t23-/m0/s1. The zero-order valence-corrected chi connectivity index (χ0v) is 19.6. The number of halogens is 1. The minimum Gasteiger partial charge on any atom is -0.508 e. The number of amides is 1. The molecule has 0 bridgehead atoms. The van der Waals surface area contributed by atoms with E-state index >= 15 is 0 Å². The number of phenols is 1. The van der Waals surface area contributed by atoms with Crippen molar-refractivity contribution < 1.29 is 18.7 Å². The predicted molar refractivity (Wildman–Crippen MR) is 133 cm³/mol. The highest BCUT2D eigenvalue weighted by molar-refractivity contribution is 7.22. The van der Waals surface area contributed by atoms with E-state index in [4.69, 9.17) is 9.40 Å². The zero-order chi connectivity index (χ0) is 24.4. The SMILES string of the molecule is CC(C)c1ccc2nc(N3C(=O)c4oc5ccc(F)cc5c(=O)c4[C@@H]3c3cccc(O)c3)sc2c1. The highest BCUT2D eigenvalue weighted by Gasteiger charge is 2.45. The number of fused-ring (bicyclic) bond motifs is 3. The first kappa shape index (κ1) is 21.5. The summed E-state index contributed by atoms with van der Waals surface area (Å²) >= 11 is 1.34. The van der Waals surface area contributed by atoms with Gasteiger partial charge in [-0.1, -0.05) is 43.4 Å². The van der Waals surface area contributed by atoms with E-state index in [-0.39, 0.29) is 28.0 Å². The van der Waals surface area contributed by atoms with Gasteiger partial charge in [-0.25, -0.2) is 9.37 Å². The number of aromatic hydroxyl groups is 1. The number of aromatic nitrogens is 1. The van der Waals surface area contributed by atoms with Gasteiger partial charge in [-0.05, 0) is 59.5 Å². The molecule has 1 aliphatic heterocycles. The van der Waals surface area contributed by atoms with Crippen LogP contribution in [0, 0.1) is 5.82 Å². The smallest absolute Gasteiger partial charge is 0.297 e. The first-order valence-corrected chi connectivity index (χ1v) is 11.9. The van der Waals surface area contributed by atoms with Gasteiger partial charge < -0.3 is 9.52 Å². The third kappa shape index (κ3) is 3.32. The molecule has 0 unspecified atom stereocenters. The monoisotopic (exact) mass is 486 g/mol. The summed E-state index contributed by atoms with van der Waals surface area (Å²) in [6.07, 6.45) is 0. The van der Waals surface area contributed by atoms with Gasteiger partial charge in [0.2, 0.25) is 5.76 Å². The average molecular weight is 487 g/mol. The maximum atomic E-state index is 14.0. The van der Waals surface area contributed by atoms with Crippen LogP contribution in [0.2, 0.25) is 0 Å². The largest absolute Gasteiger partial charge is 0.508 e. The van der Waals surface area contributed by atoms with Gasteiger partial charge in [0.15, 0.2) is 10.6 Å². The predicted octanol–water partition coefficient (Wildman–Crippen LogP) is 6.12. The lowest BCUT2D eigenvalue weighted by Crippen LogP contribution is -2.29. The molecule has 0 saturated heterocycles. The first-order chi connectivity index (χ1) is 16.8. The van der Waals surface area contributed by atoms with E-state index in [0.29, 0.717) is 16.6 Å². The molecule has 0 fully saturated rings. The van der Waals surface area contributed by atoms with Gasteiger partial charge in [0.05, 0.1) is 27.2 Å². The third-order valence-electron chi connectivity index (χ3n) is 6.29. The molecule has 0 aliphatic carbocycles. The van der Waals surface area contributed by atoms with Crippen LogP contribution < -0.4 is 10.3 Å². The summed E-state index contributed by atoms with van der Waals surface area (Å²) in [7, 11) is 0. The molecule has 174 valence electrons. The second kappa shape index (κ2) is 7.74. The molecule has 1 amide bonds. The van der Waals surface area contributed by atoms with Gasteiger partial charge in [0.25, 0.3) is 5.91 Å². The van der Waals surface area contributed by atoms with Crippen LogP contribution in [0.3, 0.4) is 0 Å². The fraction of sp³-hybridized carbons (Fsp3) is 0.148. The topological polar surface area (TPSA) is 83.6 Å². The number of thiazole rings is 1. The van der Waals surface area contributed by atoms with Crippen LogP contribution in [0.1, 0.15) is 53.1 Å². The van der Waals surface area contributed by atoms with Crippen LogP contribution in [-0.4, -0.2) is 16.0 Å². The Morgan fingerprint density at radius 1 is 1.09 bits per heavy atom. The van der Waals surface area contributed by atoms with Crippen LogP contribution in [0.5, 0.6) is 5.75 Å². The maximum absolute atomic E-state index is 14.0. The maximum Gasteiger partial charge on any atom is 0.297 e. The Balaban J connectivity index is 1.61. The van der Waals surface area contributed by atoms with Crippen molar-refractivity contribution in [2.75, 3.05) is 4.90 Å². The molecule has 6 nitrogen and oxygen atoms in total. The number of nitrogens with zero attached hydrogens (tertiary/aromatic N) is 2. The number of hydrogen-bond donors (Lipinski definition) is 1. The number of carbonyl (C=O) groups is 1. The van der Waals surface area contributed by atoms with Crippen LogP contribution in [0.25, 0.3) is 21.2 Å². The molecule has 6 rings (SSSR count). The Hall–Kier alpha value is -4.04. The van der Waals surface area contributed by atoms with Crippen molar-refractivity contribution in [3.8, 4) is 5.75 Å². The highest BCUT2D eigenvalue weighted by Crippen LogP contribution is 2.44. The van der Waals surface area contributed by atoms with Crippen molar-refractivity contribution in [2.24, 2.45) is 0 Å². The Labute approximate surface area is 202 Å². The van der Waals surface area contributed by atoms with Crippen LogP contribution in [0.4, 0.5) is 9.52 Å². The van der Waals surface area contributed by atoms with E-state index in [0.717, 1.165) is 21.8 Å². The summed E-state index contributed by atoms with van der Waals surface area (Å²) in [5.41, 5.74) is 2.14. The second-order valence-corrected chi connectivity index (χ2v) is 9.87. The van der Waals surface area contributed by atoms with Crippen molar-refractivity contribution in [2.45, 2.75) is 25.8 Å². The van der Waals surface area contributed by atoms with Crippen molar-refractivity contribution in [1.29, 1.82) is 0 Å². The lowest BCUT2D eigenvalue weighted by atomic mass is 9.98. The number of anilines is 1. The normalized spacial score (nSPS) is 15.5. The number of hydrogen-bond acceptors (Lipinski definition) is 6. The zero-order valence-electron chi connectivity index (χ0n) is 18.8. The molecule has 1 atom stereocenters. The first-order valence-electron chi connectivity index (χ1n) is 11.1. The second-order valence-electron chi connectivity index (χ2n) is 8.87. The molecule has 35 heavy (non-hydrogen) atoms. The molecular weight excluding hydrogens is 467 g/mol. The van der Waals surface area contributed by atoms with Gasteiger partial charge in [-0.2, -0.15) is 0 Å². The van der Waals surface area contributed by atoms with Gasteiger partial charge in [0, 0.05) is 0 Å². The fourth-order valence-corrected chi connectivity index (χ4v) is 5.58. The average Bonchev–Trinajstić information content (AvgIpc) is 3.38. The van der Waals surface area contributed by atoms with Gasteiger partial charge in [0.1, 0.15) is 17.1 Å². The molecule has 3 aromatic carbocycles. The van der Waals surface area contributed by atoms with Crippen molar-refractivity contribution in [3.05, 3.63) is 99.2 Å². The Morgan fingerprint density at radius 2 is 1.91 bits per heavy atom. The van der Waals surface area contributed by atoms with E-state index in [1.54, 1.807) is 12.1 Å². The number of benzene rings is 3. The molecule has 0 radical (unpaired) electrons. The van der Waals surface area contributed by atoms with E-state index < -0.39 is 23.2 Å². The molecule has 8 heteroatoms. The number of phenolic OH excluding ortho intramolecular Hbond substituents is 1. The Kier molecular flexibility index (Phi) is 4.76. The molecule has 3 heterocycles. The molecular formula is C27H19FN2O4S.